The topological polar surface area (TPSA) is 52.2 Å². The van der Waals surface area contributed by atoms with Gasteiger partial charge in [0.05, 0.1) is 11.8 Å². The van der Waals surface area contributed by atoms with Crippen LogP contribution in [0.2, 0.25) is 0 Å². The first-order valence-electron chi connectivity index (χ1n) is 5.37. The number of hydrogen-bond donors (Lipinski definition) is 1. The van der Waals surface area contributed by atoms with Crippen molar-refractivity contribution in [3.05, 3.63) is 18.0 Å². The molecule has 1 aromatic rings. The van der Waals surface area contributed by atoms with Crippen LogP contribution in [0.5, 0.6) is 0 Å². The first kappa shape index (κ1) is 11.4. The van der Waals surface area contributed by atoms with Gasteiger partial charge in [0.1, 0.15) is 0 Å². The van der Waals surface area contributed by atoms with Crippen LogP contribution < -0.4 is 0 Å². The van der Waals surface area contributed by atoms with E-state index in [2.05, 4.69) is 15.1 Å². The zero-order chi connectivity index (χ0) is 11.4. The molecule has 1 N–H and O–H groups in total. The Kier molecular flexibility index (Phi) is 3.79. The second-order valence-electron chi connectivity index (χ2n) is 3.81. The SMILES string of the molecule is O=C(c1cn[nH]c1)N1CCN(CCCl)CC1. The molecule has 1 fully saturated rings. The van der Waals surface area contributed by atoms with Crippen molar-refractivity contribution in [1.82, 2.24) is 20.0 Å². The number of rotatable bonds is 3. The summed E-state index contributed by atoms with van der Waals surface area (Å²) in [5.74, 6) is 0.703. The minimum Gasteiger partial charge on any atom is -0.336 e. The third-order valence-electron chi connectivity index (χ3n) is 2.81. The Labute approximate surface area is 99.4 Å². The summed E-state index contributed by atoms with van der Waals surface area (Å²) >= 11 is 5.68. The van der Waals surface area contributed by atoms with Crippen LogP contribution >= 0.6 is 11.6 Å². The van der Waals surface area contributed by atoms with Crippen LogP contribution in [0.3, 0.4) is 0 Å². The van der Waals surface area contributed by atoms with E-state index < -0.39 is 0 Å². The highest BCUT2D eigenvalue weighted by Gasteiger charge is 2.21. The van der Waals surface area contributed by atoms with Crippen LogP contribution in [-0.2, 0) is 0 Å². The third-order valence-corrected chi connectivity index (χ3v) is 2.97. The van der Waals surface area contributed by atoms with Gasteiger partial charge in [-0.3, -0.25) is 14.8 Å². The fourth-order valence-corrected chi connectivity index (χ4v) is 2.08. The molecule has 0 atom stereocenters. The van der Waals surface area contributed by atoms with Gasteiger partial charge in [-0.15, -0.1) is 11.6 Å². The quantitative estimate of drug-likeness (QED) is 0.781. The molecular weight excluding hydrogens is 228 g/mol. The number of halogens is 1. The Morgan fingerprint density at radius 2 is 2.19 bits per heavy atom. The van der Waals surface area contributed by atoms with Gasteiger partial charge in [0, 0.05) is 44.8 Å². The lowest BCUT2D eigenvalue weighted by Gasteiger charge is -2.34. The van der Waals surface area contributed by atoms with Crippen molar-refractivity contribution in [1.29, 1.82) is 0 Å². The average Bonchev–Trinajstić information content (AvgIpc) is 2.83. The Morgan fingerprint density at radius 1 is 1.44 bits per heavy atom. The molecule has 2 heterocycles. The fraction of sp³-hybridized carbons (Fsp3) is 0.600. The van der Waals surface area contributed by atoms with Crippen molar-refractivity contribution in [2.24, 2.45) is 0 Å². The summed E-state index contributed by atoms with van der Waals surface area (Å²) < 4.78 is 0. The summed E-state index contributed by atoms with van der Waals surface area (Å²) in [6.07, 6.45) is 3.20. The number of nitrogens with zero attached hydrogens (tertiary/aromatic N) is 3. The van der Waals surface area contributed by atoms with E-state index in [0.717, 1.165) is 32.7 Å². The molecule has 0 spiro atoms. The maximum absolute atomic E-state index is 11.9. The minimum atomic E-state index is 0.0549. The molecule has 16 heavy (non-hydrogen) atoms. The Bertz CT molecular complexity index is 333. The number of H-pyrrole nitrogens is 1. The average molecular weight is 243 g/mol. The highest BCUT2D eigenvalue weighted by Crippen LogP contribution is 2.07. The lowest BCUT2D eigenvalue weighted by atomic mass is 10.2. The molecule has 6 heteroatoms. The predicted octanol–water partition coefficient (Wildman–Crippen LogP) is 0.406. The van der Waals surface area contributed by atoms with E-state index in [1.807, 2.05) is 4.90 Å². The molecule has 5 nitrogen and oxygen atoms in total. The molecule has 1 amide bonds. The van der Waals surface area contributed by atoms with Gasteiger partial charge in [0.15, 0.2) is 0 Å². The summed E-state index contributed by atoms with van der Waals surface area (Å²) in [5.41, 5.74) is 0.630. The number of carbonyl (C=O) groups is 1. The van der Waals surface area contributed by atoms with E-state index in [4.69, 9.17) is 11.6 Å². The van der Waals surface area contributed by atoms with E-state index in [9.17, 15) is 4.79 Å². The number of amides is 1. The van der Waals surface area contributed by atoms with Gasteiger partial charge in [0.25, 0.3) is 5.91 Å². The number of alkyl halides is 1. The van der Waals surface area contributed by atoms with Gasteiger partial charge in [-0.05, 0) is 0 Å². The smallest absolute Gasteiger partial charge is 0.257 e. The Balaban J connectivity index is 1.87. The molecule has 2 rings (SSSR count). The molecule has 0 aliphatic carbocycles. The normalized spacial score (nSPS) is 17.7. The third kappa shape index (κ3) is 2.54. The van der Waals surface area contributed by atoms with E-state index in [-0.39, 0.29) is 5.91 Å². The Morgan fingerprint density at radius 3 is 2.75 bits per heavy atom. The molecule has 1 saturated heterocycles. The van der Waals surface area contributed by atoms with Crippen molar-refractivity contribution in [2.45, 2.75) is 0 Å². The minimum absolute atomic E-state index is 0.0549. The zero-order valence-corrected chi connectivity index (χ0v) is 9.78. The van der Waals surface area contributed by atoms with Crippen molar-refractivity contribution < 1.29 is 4.79 Å². The van der Waals surface area contributed by atoms with E-state index in [1.54, 1.807) is 12.4 Å². The lowest BCUT2D eigenvalue weighted by Crippen LogP contribution is -2.49. The summed E-state index contributed by atoms with van der Waals surface area (Å²) in [5, 5.41) is 6.44. The maximum atomic E-state index is 11.9. The highest BCUT2D eigenvalue weighted by molar-refractivity contribution is 6.18. The van der Waals surface area contributed by atoms with Crippen molar-refractivity contribution in [3.8, 4) is 0 Å². The first-order valence-corrected chi connectivity index (χ1v) is 5.91. The van der Waals surface area contributed by atoms with Gasteiger partial charge < -0.3 is 4.90 Å². The zero-order valence-electron chi connectivity index (χ0n) is 9.03. The van der Waals surface area contributed by atoms with Crippen LogP contribution in [0.4, 0.5) is 0 Å². The van der Waals surface area contributed by atoms with Gasteiger partial charge in [0.2, 0.25) is 0 Å². The molecular formula is C10H15ClN4O. The highest BCUT2D eigenvalue weighted by atomic mass is 35.5. The molecule has 1 aliphatic heterocycles. The van der Waals surface area contributed by atoms with Gasteiger partial charge >= 0.3 is 0 Å². The number of hydrogen-bond acceptors (Lipinski definition) is 3. The number of aromatic nitrogens is 2. The molecule has 88 valence electrons. The lowest BCUT2D eigenvalue weighted by molar-refractivity contribution is 0.0644. The van der Waals surface area contributed by atoms with Crippen molar-refractivity contribution >= 4 is 17.5 Å². The van der Waals surface area contributed by atoms with Crippen LogP contribution in [0.15, 0.2) is 12.4 Å². The molecule has 0 aromatic carbocycles. The molecule has 0 bridgehead atoms. The molecule has 0 radical (unpaired) electrons. The van der Waals surface area contributed by atoms with Gasteiger partial charge in [-0.1, -0.05) is 0 Å². The second kappa shape index (κ2) is 5.32. The standard InChI is InChI=1S/C10H15ClN4O/c11-1-2-14-3-5-15(6-4-14)10(16)9-7-12-13-8-9/h7-8H,1-6H2,(H,12,13). The van der Waals surface area contributed by atoms with E-state index in [0.29, 0.717) is 11.4 Å². The van der Waals surface area contributed by atoms with Crippen LogP contribution in [0, 0.1) is 0 Å². The molecule has 0 saturated carbocycles. The van der Waals surface area contributed by atoms with Gasteiger partial charge in [-0.2, -0.15) is 5.10 Å². The van der Waals surface area contributed by atoms with Crippen LogP contribution in [-0.4, -0.2) is 64.5 Å². The maximum Gasteiger partial charge on any atom is 0.257 e. The summed E-state index contributed by atoms with van der Waals surface area (Å²) in [6, 6.07) is 0. The summed E-state index contributed by atoms with van der Waals surface area (Å²) in [4.78, 5) is 16.1. The monoisotopic (exact) mass is 242 g/mol. The number of aromatic amines is 1. The van der Waals surface area contributed by atoms with Crippen LogP contribution in [0.1, 0.15) is 10.4 Å². The molecule has 1 aromatic heterocycles. The number of carbonyl (C=O) groups excluding carboxylic acids is 1. The van der Waals surface area contributed by atoms with E-state index >= 15 is 0 Å². The van der Waals surface area contributed by atoms with Crippen molar-refractivity contribution in [2.75, 3.05) is 38.6 Å². The molecule has 0 unspecified atom stereocenters. The summed E-state index contributed by atoms with van der Waals surface area (Å²) in [7, 11) is 0. The number of piperazine rings is 1. The van der Waals surface area contributed by atoms with Crippen LogP contribution in [0.25, 0.3) is 0 Å². The molecule has 1 aliphatic rings. The fourth-order valence-electron chi connectivity index (χ4n) is 1.84. The summed E-state index contributed by atoms with van der Waals surface area (Å²) in [6.45, 7) is 4.23. The largest absolute Gasteiger partial charge is 0.336 e. The van der Waals surface area contributed by atoms with E-state index in [1.165, 1.54) is 0 Å². The van der Waals surface area contributed by atoms with Gasteiger partial charge in [-0.25, -0.2) is 0 Å². The second-order valence-corrected chi connectivity index (χ2v) is 4.19. The Hall–Kier alpha value is -1.07. The van der Waals surface area contributed by atoms with Crippen molar-refractivity contribution in [3.63, 3.8) is 0 Å². The predicted molar refractivity (Wildman–Crippen MR) is 61.7 cm³/mol. The first-order chi connectivity index (χ1) is 7.81. The number of nitrogens with one attached hydrogen (secondary N) is 1.